The van der Waals surface area contributed by atoms with Gasteiger partial charge in [-0.15, -0.1) is 0 Å². The summed E-state index contributed by atoms with van der Waals surface area (Å²) in [5.41, 5.74) is -5.17. The van der Waals surface area contributed by atoms with E-state index in [1.807, 2.05) is 0 Å². The average molecular weight is 545 g/mol. The number of carbonyl (C=O) groups is 2. The number of alkyl halides is 2. The number of piperazine rings is 1. The molecule has 1 saturated carbocycles. The lowest BCUT2D eigenvalue weighted by Gasteiger charge is -2.38. The SMILES string of the molecule is CCOP(=O)(OCC)C(F)(F)C(=O)N1CCN(c2cc3c(cc2F)c(=O)c(C(=O)O)cn3C2CC2)CC1. The van der Waals surface area contributed by atoms with Crippen LogP contribution in [0.2, 0.25) is 0 Å². The van der Waals surface area contributed by atoms with E-state index in [4.69, 9.17) is 0 Å². The number of carbonyl (C=O) groups excluding carboxylic acids is 1. The molecular formula is C23H27F3N3O7P. The molecule has 1 N–H and O–H groups in total. The van der Waals surface area contributed by atoms with Crippen LogP contribution in [0.5, 0.6) is 0 Å². The number of benzene rings is 1. The van der Waals surface area contributed by atoms with E-state index in [-0.39, 0.29) is 56.5 Å². The Labute approximate surface area is 210 Å². The van der Waals surface area contributed by atoms with Crippen molar-refractivity contribution in [3.05, 3.63) is 39.9 Å². The molecule has 2 heterocycles. The molecule has 0 spiro atoms. The minimum Gasteiger partial charge on any atom is -0.477 e. The minimum absolute atomic E-state index is 0.0115. The standard InChI is InChI=1S/C23H27F3N3O7P/c1-3-35-37(34,36-4-2)23(25,26)22(33)28-9-7-27(8-10-28)19-12-18-15(11-17(19)24)20(30)16(21(31)32)13-29(18)14-5-6-14/h11-14H,3-10H2,1-2H3,(H,31,32). The summed E-state index contributed by atoms with van der Waals surface area (Å²) in [5.74, 6) is -3.88. The van der Waals surface area contributed by atoms with Gasteiger partial charge in [0.15, 0.2) is 0 Å². The fourth-order valence-electron chi connectivity index (χ4n) is 4.41. The molecule has 2 aromatic rings. The largest absolute Gasteiger partial charge is 0.477 e. The van der Waals surface area contributed by atoms with E-state index >= 15 is 4.39 Å². The zero-order chi connectivity index (χ0) is 27.1. The molecule has 2 aliphatic rings. The monoisotopic (exact) mass is 545 g/mol. The van der Waals surface area contributed by atoms with Crippen molar-refractivity contribution in [2.45, 2.75) is 38.4 Å². The van der Waals surface area contributed by atoms with Crippen LogP contribution in [0.25, 0.3) is 10.9 Å². The van der Waals surface area contributed by atoms with Crippen molar-refractivity contribution in [2.75, 3.05) is 44.3 Å². The maximum atomic E-state index is 15.1. The number of nitrogens with zero attached hydrogens (tertiary/aromatic N) is 3. The van der Waals surface area contributed by atoms with E-state index in [1.54, 1.807) is 9.47 Å². The summed E-state index contributed by atoms with van der Waals surface area (Å²) in [4.78, 5) is 39.2. The Morgan fingerprint density at radius 2 is 1.70 bits per heavy atom. The first-order valence-corrected chi connectivity index (χ1v) is 13.4. The number of aromatic carboxylic acids is 1. The molecule has 1 aromatic heterocycles. The van der Waals surface area contributed by atoms with Crippen LogP contribution in [0.15, 0.2) is 23.1 Å². The van der Waals surface area contributed by atoms with Gasteiger partial charge in [-0.2, -0.15) is 8.78 Å². The van der Waals surface area contributed by atoms with Crippen molar-refractivity contribution >= 4 is 36.1 Å². The van der Waals surface area contributed by atoms with Crippen LogP contribution in [-0.2, 0) is 18.4 Å². The maximum absolute atomic E-state index is 15.1. The molecular weight excluding hydrogens is 518 g/mol. The number of pyridine rings is 1. The van der Waals surface area contributed by atoms with Crippen LogP contribution in [0.3, 0.4) is 0 Å². The lowest BCUT2D eigenvalue weighted by atomic mass is 10.1. The fourth-order valence-corrected chi connectivity index (χ4v) is 5.86. The minimum atomic E-state index is -5.05. The number of fused-ring (bicyclic) bond motifs is 1. The quantitative estimate of drug-likeness (QED) is 0.475. The highest BCUT2D eigenvalue weighted by Crippen LogP contribution is 2.62. The maximum Gasteiger partial charge on any atom is 0.422 e. The number of hydrogen-bond donors (Lipinski definition) is 1. The van der Waals surface area contributed by atoms with Crippen LogP contribution < -0.4 is 10.3 Å². The number of carboxylic acid groups (broad SMARTS) is 1. The van der Waals surface area contributed by atoms with Crippen molar-refractivity contribution in [2.24, 2.45) is 0 Å². The molecule has 10 nitrogen and oxygen atoms in total. The number of anilines is 1. The van der Waals surface area contributed by atoms with Crippen molar-refractivity contribution in [3.63, 3.8) is 0 Å². The van der Waals surface area contributed by atoms with Crippen LogP contribution in [0.1, 0.15) is 43.1 Å². The lowest BCUT2D eigenvalue weighted by molar-refractivity contribution is -0.149. The van der Waals surface area contributed by atoms with Gasteiger partial charge in [-0.1, -0.05) is 0 Å². The van der Waals surface area contributed by atoms with Gasteiger partial charge < -0.3 is 28.5 Å². The predicted octanol–water partition coefficient (Wildman–Crippen LogP) is 3.68. The molecule has 14 heteroatoms. The highest BCUT2D eigenvalue weighted by Gasteiger charge is 2.61. The summed E-state index contributed by atoms with van der Waals surface area (Å²) in [7, 11) is -5.05. The molecule has 2 fully saturated rings. The molecule has 37 heavy (non-hydrogen) atoms. The number of halogens is 3. The van der Waals surface area contributed by atoms with Crippen LogP contribution in [0, 0.1) is 5.82 Å². The molecule has 1 aliphatic carbocycles. The Hall–Kier alpha value is -2.89. The highest BCUT2D eigenvalue weighted by atomic mass is 31.2. The van der Waals surface area contributed by atoms with E-state index in [1.165, 1.54) is 26.1 Å². The highest BCUT2D eigenvalue weighted by molar-refractivity contribution is 7.56. The van der Waals surface area contributed by atoms with Gasteiger partial charge in [0, 0.05) is 43.8 Å². The van der Waals surface area contributed by atoms with Crippen molar-refractivity contribution in [1.82, 2.24) is 9.47 Å². The summed E-state index contributed by atoms with van der Waals surface area (Å²) < 4.78 is 68.5. The van der Waals surface area contributed by atoms with Gasteiger partial charge in [0.05, 0.1) is 24.4 Å². The first-order valence-electron chi connectivity index (χ1n) is 11.9. The number of hydrogen-bond acceptors (Lipinski definition) is 7. The fraction of sp³-hybridized carbons (Fsp3) is 0.522. The Balaban J connectivity index is 1.59. The molecule has 202 valence electrons. The third kappa shape index (κ3) is 4.87. The van der Waals surface area contributed by atoms with Gasteiger partial charge in [0.1, 0.15) is 11.4 Å². The zero-order valence-corrected chi connectivity index (χ0v) is 21.2. The van der Waals surface area contributed by atoms with Gasteiger partial charge in [0.25, 0.3) is 0 Å². The Kier molecular flexibility index (Phi) is 7.42. The van der Waals surface area contributed by atoms with Gasteiger partial charge in [-0.25, -0.2) is 9.18 Å². The van der Waals surface area contributed by atoms with Gasteiger partial charge >= 0.3 is 25.1 Å². The molecule has 0 bridgehead atoms. The predicted molar refractivity (Wildman–Crippen MR) is 128 cm³/mol. The van der Waals surface area contributed by atoms with Gasteiger partial charge in [-0.3, -0.25) is 14.2 Å². The number of carboxylic acids is 1. The average Bonchev–Trinajstić information content (AvgIpc) is 3.69. The third-order valence-corrected chi connectivity index (χ3v) is 8.45. The number of amides is 1. The van der Waals surface area contributed by atoms with Crippen LogP contribution in [0.4, 0.5) is 18.9 Å². The second kappa shape index (κ2) is 10.1. The third-order valence-electron chi connectivity index (χ3n) is 6.38. The Morgan fingerprint density at radius 1 is 1.11 bits per heavy atom. The van der Waals surface area contributed by atoms with Gasteiger partial charge in [0.2, 0.25) is 5.43 Å². The zero-order valence-electron chi connectivity index (χ0n) is 20.3. The summed E-state index contributed by atoms with van der Waals surface area (Å²) in [6.07, 6.45) is 2.83. The first-order chi connectivity index (χ1) is 17.4. The first kappa shape index (κ1) is 27.2. The Morgan fingerprint density at radius 3 is 2.22 bits per heavy atom. The summed E-state index contributed by atoms with van der Waals surface area (Å²) in [5, 5.41) is 9.32. The molecule has 1 amide bonds. The molecule has 1 saturated heterocycles. The number of aromatic nitrogens is 1. The normalized spacial score (nSPS) is 16.9. The second-order valence-corrected chi connectivity index (χ2v) is 10.9. The topological polar surface area (TPSA) is 118 Å². The molecule has 4 rings (SSSR count). The van der Waals surface area contributed by atoms with Crippen molar-refractivity contribution < 1.29 is 41.5 Å². The van der Waals surface area contributed by atoms with E-state index in [9.17, 15) is 32.8 Å². The van der Waals surface area contributed by atoms with Crippen molar-refractivity contribution in [1.29, 1.82) is 0 Å². The van der Waals surface area contributed by atoms with E-state index < -0.39 is 41.9 Å². The summed E-state index contributed by atoms with van der Waals surface area (Å²) in [6.45, 7) is 1.58. The van der Waals surface area contributed by atoms with Crippen molar-refractivity contribution in [3.8, 4) is 0 Å². The summed E-state index contributed by atoms with van der Waals surface area (Å²) in [6, 6.07) is 2.42. The molecule has 0 radical (unpaired) electrons. The lowest BCUT2D eigenvalue weighted by Crippen LogP contribution is -2.53. The smallest absolute Gasteiger partial charge is 0.422 e. The second-order valence-electron chi connectivity index (χ2n) is 8.79. The molecule has 0 unspecified atom stereocenters. The van der Waals surface area contributed by atoms with Crippen LogP contribution >= 0.6 is 7.60 Å². The molecule has 1 aliphatic heterocycles. The Bertz CT molecular complexity index is 1330. The number of rotatable bonds is 9. The van der Waals surface area contributed by atoms with E-state index in [0.717, 1.165) is 23.8 Å². The van der Waals surface area contributed by atoms with Crippen LogP contribution in [-0.4, -0.2) is 71.5 Å². The van der Waals surface area contributed by atoms with E-state index in [0.29, 0.717) is 5.52 Å². The molecule has 1 aromatic carbocycles. The van der Waals surface area contributed by atoms with E-state index in [2.05, 4.69) is 9.05 Å². The molecule has 0 atom stereocenters. The summed E-state index contributed by atoms with van der Waals surface area (Å²) >= 11 is 0. The van der Waals surface area contributed by atoms with Gasteiger partial charge in [-0.05, 0) is 38.8 Å².